The number of hydrogen-bond donors (Lipinski definition) is 1. The van der Waals surface area contributed by atoms with Crippen molar-refractivity contribution in [3.05, 3.63) is 18.1 Å². The second kappa shape index (κ2) is 4.35. The van der Waals surface area contributed by atoms with Crippen molar-refractivity contribution in [2.45, 2.75) is 38.1 Å². The summed E-state index contributed by atoms with van der Waals surface area (Å²) < 4.78 is 0. The Bertz CT molecular complexity index is 334. The average Bonchev–Trinajstić information content (AvgIpc) is 2.71. The molecule has 1 aliphatic carbocycles. The van der Waals surface area contributed by atoms with Crippen molar-refractivity contribution in [2.24, 2.45) is 0 Å². The molecule has 0 spiro atoms. The van der Waals surface area contributed by atoms with Gasteiger partial charge in [0, 0.05) is 18.3 Å². The average molecular weight is 226 g/mol. The topological polar surface area (TPSA) is 37.8 Å². The Balaban J connectivity index is 2.16. The van der Waals surface area contributed by atoms with Gasteiger partial charge in [0.05, 0.1) is 11.2 Å². The molecule has 4 heteroatoms. The Labute approximate surface area is 95.3 Å². The van der Waals surface area contributed by atoms with Crippen molar-refractivity contribution in [1.82, 2.24) is 9.97 Å². The van der Waals surface area contributed by atoms with Crippen molar-refractivity contribution in [1.29, 1.82) is 0 Å². The molecule has 1 aliphatic rings. The lowest BCUT2D eigenvalue weighted by molar-refractivity contribution is 0.536. The predicted molar refractivity (Wildman–Crippen MR) is 62.3 cm³/mol. The molecule has 0 radical (unpaired) electrons. The summed E-state index contributed by atoms with van der Waals surface area (Å²) in [6.45, 7) is 1.96. The summed E-state index contributed by atoms with van der Waals surface area (Å²) in [7, 11) is 0. The zero-order valence-electron chi connectivity index (χ0n) is 8.96. The lowest BCUT2D eigenvalue weighted by Gasteiger charge is -2.28. The fourth-order valence-corrected chi connectivity index (χ4v) is 2.46. The number of halogens is 1. The quantitative estimate of drug-likeness (QED) is 0.804. The second-order valence-corrected chi connectivity index (χ2v) is 4.50. The SMILES string of the molecule is Cc1nccnc1NC1(CCl)CCCC1. The first-order valence-corrected chi connectivity index (χ1v) is 5.91. The van der Waals surface area contributed by atoms with Gasteiger partial charge < -0.3 is 5.32 Å². The molecule has 2 rings (SSSR count). The molecule has 15 heavy (non-hydrogen) atoms. The van der Waals surface area contributed by atoms with E-state index in [4.69, 9.17) is 11.6 Å². The van der Waals surface area contributed by atoms with Crippen molar-refractivity contribution in [3.8, 4) is 0 Å². The molecule has 1 aromatic rings. The first-order chi connectivity index (χ1) is 7.26. The summed E-state index contributed by atoms with van der Waals surface area (Å²) in [6.07, 6.45) is 8.19. The predicted octanol–water partition coefficient (Wildman–Crippen LogP) is 2.75. The van der Waals surface area contributed by atoms with Crippen molar-refractivity contribution in [2.75, 3.05) is 11.2 Å². The molecule has 0 atom stereocenters. The molecule has 0 bridgehead atoms. The summed E-state index contributed by atoms with van der Waals surface area (Å²) in [5, 5.41) is 3.47. The number of rotatable bonds is 3. The van der Waals surface area contributed by atoms with Gasteiger partial charge in [-0.2, -0.15) is 0 Å². The fourth-order valence-electron chi connectivity index (χ4n) is 2.13. The minimum absolute atomic E-state index is 0.0440. The number of aromatic nitrogens is 2. The number of nitrogens with zero attached hydrogens (tertiary/aromatic N) is 2. The highest BCUT2D eigenvalue weighted by atomic mass is 35.5. The van der Waals surface area contributed by atoms with Gasteiger partial charge in [-0.15, -0.1) is 11.6 Å². The highest BCUT2D eigenvalue weighted by Crippen LogP contribution is 2.33. The highest BCUT2D eigenvalue weighted by molar-refractivity contribution is 6.18. The number of aryl methyl sites for hydroxylation is 1. The Morgan fingerprint density at radius 2 is 2.00 bits per heavy atom. The second-order valence-electron chi connectivity index (χ2n) is 4.24. The normalized spacial score (nSPS) is 19.1. The van der Waals surface area contributed by atoms with Crippen LogP contribution >= 0.6 is 11.6 Å². The van der Waals surface area contributed by atoms with Crippen LogP contribution in [0.2, 0.25) is 0 Å². The summed E-state index contributed by atoms with van der Waals surface area (Å²) in [5.41, 5.74) is 0.983. The maximum absolute atomic E-state index is 6.06. The Morgan fingerprint density at radius 3 is 2.60 bits per heavy atom. The first-order valence-electron chi connectivity index (χ1n) is 5.37. The van der Waals surface area contributed by atoms with E-state index in [1.807, 2.05) is 6.92 Å². The highest BCUT2D eigenvalue weighted by Gasteiger charge is 2.33. The van der Waals surface area contributed by atoms with Gasteiger partial charge in [0.2, 0.25) is 0 Å². The van der Waals surface area contributed by atoms with Crippen LogP contribution in [-0.4, -0.2) is 21.4 Å². The van der Waals surface area contributed by atoms with Crippen LogP contribution in [0.15, 0.2) is 12.4 Å². The zero-order valence-corrected chi connectivity index (χ0v) is 9.72. The van der Waals surface area contributed by atoms with E-state index in [2.05, 4.69) is 15.3 Å². The molecule has 0 saturated heterocycles. The molecular formula is C11H16ClN3. The third-order valence-electron chi connectivity index (χ3n) is 3.08. The molecule has 0 aliphatic heterocycles. The van der Waals surface area contributed by atoms with Gasteiger partial charge in [0.15, 0.2) is 0 Å². The van der Waals surface area contributed by atoms with Gasteiger partial charge in [-0.05, 0) is 19.8 Å². The van der Waals surface area contributed by atoms with Gasteiger partial charge in [-0.1, -0.05) is 12.8 Å². The third-order valence-corrected chi connectivity index (χ3v) is 3.59. The lowest BCUT2D eigenvalue weighted by atomic mass is 10.0. The summed E-state index contributed by atoms with van der Waals surface area (Å²) in [4.78, 5) is 8.52. The molecule has 1 saturated carbocycles. The van der Waals surface area contributed by atoms with E-state index < -0.39 is 0 Å². The van der Waals surface area contributed by atoms with E-state index in [1.54, 1.807) is 12.4 Å². The van der Waals surface area contributed by atoms with E-state index >= 15 is 0 Å². The van der Waals surface area contributed by atoms with Gasteiger partial charge in [0.1, 0.15) is 5.82 Å². The Kier molecular flexibility index (Phi) is 3.10. The standard InChI is InChI=1S/C11H16ClN3/c1-9-10(14-7-6-13-9)15-11(8-12)4-2-3-5-11/h6-7H,2-5,8H2,1H3,(H,14,15). The maximum atomic E-state index is 6.06. The number of alkyl halides is 1. The minimum atomic E-state index is 0.0440. The Morgan fingerprint density at radius 1 is 1.33 bits per heavy atom. The molecule has 1 fully saturated rings. The molecule has 1 N–H and O–H groups in total. The molecule has 3 nitrogen and oxygen atoms in total. The van der Waals surface area contributed by atoms with Crippen LogP contribution in [-0.2, 0) is 0 Å². The van der Waals surface area contributed by atoms with Crippen molar-refractivity contribution < 1.29 is 0 Å². The fraction of sp³-hybridized carbons (Fsp3) is 0.636. The zero-order chi connectivity index (χ0) is 10.7. The number of nitrogens with one attached hydrogen (secondary N) is 1. The summed E-state index contributed by atoms with van der Waals surface area (Å²) in [6, 6.07) is 0. The number of anilines is 1. The van der Waals surface area contributed by atoms with E-state index in [-0.39, 0.29) is 5.54 Å². The van der Waals surface area contributed by atoms with Gasteiger partial charge >= 0.3 is 0 Å². The largest absolute Gasteiger partial charge is 0.362 e. The lowest BCUT2D eigenvalue weighted by Crippen LogP contribution is -2.37. The van der Waals surface area contributed by atoms with Gasteiger partial charge in [0.25, 0.3) is 0 Å². The summed E-state index contributed by atoms with van der Waals surface area (Å²) >= 11 is 6.06. The molecule has 1 heterocycles. The van der Waals surface area contributed by atoms with Crippen molar-refractivity contribution in [3.63, 3.8) is 0 Å². The third kappa shape index (κ3) is 2.23. The van der Waals surface area contributed by atoms with Crippen molar-refractivity contribution >= 4 is 17.4 Å². The molecule has 0 aromatic carbocycles. The minimum Gasteiger partial charge on any atom is -0.362 e. The molecule has 82 valence electrons. The van der Waals surface area contributed by atoms with Crippen LogP contribution in [0.25, 0.3) is 0 Å². The maximum Gasteiger partial charge on any atom is 0.147 e. The van der Waals surface area contributed by atoms with Crippen LogP contribution in [0.4, 0.5) is 5.82 Å². The molecule has 0 unspecified atom stereocenters. The summed E-state index contributed by atoms with van der Waals surface area (Å²) in [5.74, 6) is 1.52. The number of hydrogen-bond acceptors (Lipinski definition) is 3. The smallest absolute Gasteiger partial charge is 0.147 e. The molecular weight excluding hydrogens is 210 g/mol. The van der Waals surface area contributed by atoms with E-state index in [9.17, 15) is 0 Å². The monoisotopic (exact) mass is 225 g/mol. The van der Waals surface area contributed by atoms with E-state index in [0.717, 1.165) is 24.4 Å². The van der Waals surface area contributed by atoms with Crippen LogP contribution < -0.4 is 5.32 Å². The van der Waals surface area contributed by atoms with E-state index in [1.165, 1.54) is 12.8 Å². The van der Waals surface area contributed by atoms with Gasteiger partial charge in [-0.25, -0.2) is 4.98 Å². The first kappa shape index (κ1) is 10.7. The van der Waals surface area contributed by atoms with Crippen LogP contribution in [0.3, 0.4) is 0 Å². The van der Waals surface area contributed by atoms with Crippen LogP contribution in [0.1, 0.15) is 31.4 Å². The molecule has 0 amide bonds. The van der Waals surface area contributed by atoms with Gasteiger partial charge in [-0.3, -0.25) is 4.98 Å². The van der Waals surface area contributed by atoms with Crippen LogP contribution in [0.5, 0.6) is 0 Å². The van der Waals surface area contributed by atoms with E-state index in [0.29, 0.717) is 5.88 Å². The Hall–Kier alpha value is -0.830. The molecule has 1 aromatic heterocycles. The van der Waals surface area contributed by atoms with Crippen LogP contribution in [0, 0.1) is 6.92 Å².